The molecule has 0 saturated heterocycles. The number of H-pyrrole nitrogens is 2. The third-order valence-corrected chi connectivity index (χ3v) is 4.91. The minimum absolute atomic E-state index is 0.150. The molecule has 2 N–H and O–H groups in total. The molecular formula is C18H18N4O4. The van der Waals surface area contributed by atoms with Crippen LogP contribution in [0, 0.1) is 0 Å². The number of rotatable bonds is 2. The van der Waals surface area contributed by atoms with Crippen molar-refractivity contribution in [1.82, 2.24) is 20.0 Å². The topological polar surface area (TPSA) is 106 Å². The van der Waals surface area contributed by atoms with Crippen LogP contribution in [0.4, 0.5) is 0 Å². The Bertz CT molecular complexity index is 1000. The molecule has 2 aromatic rings. The fourth-order valence-electron chi connectivity index (χ4n) is 3.55. The lowest BCUT2D eigenvalue weighted by molar-refractivity contribution is 0.0608. The number of nitrogens with one attached hydrogen (secondary N) is 2. The Morgan fingerprint density at radius 2 is 1.81 bits per heavy atom. The van der Waals surface area contributed by atoms with E-state index in [-0.39, 0.29) is 34.9 Å². The lowest BCUT2D eigenvalue weighted by atomic mass is 10.0. The SMILES string of the molecule is CC(C)N1C(=O)c2ccc(C(=O)N3CCc4c([nH][nH]c4=O)C3)cc2C1=O. The van der Waals surface area contributed by atoms with Crippen LogP contribution in [0.3, 0.4) is 0 Å². The molecule has 0 spiro atoms. The molecule has 4 rings (SSSR count). The number of imide groups is 1. The van der Waals surface area contributed by atoms with E-state index in [4.69, 9.17) is 0 Å². The van der Waals surface area contributed by atoms with Crippen LogP contribution in [-0.4, -0.2) is 50.3 Å². The quantitative estimate of drug-likeness (QED) is 0.782. The minimum Gasteiger partial charge on any atom is -0.332 e. The van der Waals surface area contributed by atoms with Gasteiger partial charge in [0.2, 0.25) is 0 Å². The Balaban J connectivity index is 1.63. The number of hydrogen-bond acceptors (Lipinski definition) is 4. The molecule has 2 aliphatic rings. The zero-order chi connectivity index (χ0) is 18.6. The van der Waals surface area contributed by atoms with Crippen LogP contribution >= 0.6 is 0 Å². The third-order valence-electron chi connectivity index (χ3n) is 4.91. The van der Waals surface area contributed by atoms with E-state index in [1.165, 1.54) is 11.0 Å². The minimum atomic E-state index is -0.370. The normalized spacial score (nSPS) is 16.3. The molecule has 1 aromatic heterocycles. The monoisotopic (exact) mass is 354 g/mol. The predicted octanol–water partition coefficient (Wildman–Crippen LogP) is 0.906. The van der Waals surface area contributed by atoms with Crippen molar-refractivity contribution in [3.8, 4) is 0 Å². The fourth-order valence-corrected chi connectivity index (χ4v) is 3.55. The van der Waals surface area contributed by atoms with Crippen molar-refractivity contribution in [2.24, 2.45) is 0 Å². The highest BCUT2D eigenvalue weighted by molar-refractivity contribution is 6.22. The van der Waals surface area contributed by atoms with Gasteiger partial charge in [-0.05, 0) is 38.5 Å². The molecule has 0 saturated carbocycles. The summed E-state index contributed by atoms with van der Waals surface area (Å²) in [6.07, 6.45) is 0.476. The van der Waals surface area contributed by atoms with Gasteiger partial charge in [0.25, 0.3) is 23.3 Å². The van der Waals surface area contributed by atoms with Crippen molar-refractivity contribution in [1.29, 1.82) is 0 Å². The molecule has 0 bridgehead atoms. The number of benzene rings is 1. The summed E-state index contributed by atoms with van der Waals surface area (Å²) in [7, 11) is 0. The summed E-state index contributed by atoms with van der Waals surface area (Å²) in [6.45, 7) is 4.28. The predicted molar refractivity (Wildman–Crippen MR) is 91.9 cm³/mol. The zero-order valence-corrected chi connectivity index (χ0v) is 14.5. The van der Waals surface area contributed by atoms with Gasteiger partial charge in [0.05, 0.1) is 23.4 Å². The van der Waals surface area contributed by atoms with Gasteiger partial charge < -0.3 is 10.00 Å². The van der Waals surface area contributed by atoms with E-state index in [1.807, 2.05) is 0 Å². The van der Waals surface area contributed by atoms with Crippen LogP contribution in [0.15, 0.2) is 23.0 Å². The lowest BCUT2D eigenvalue weighted by Gasteiger charge is -2.26. The van der Waals surface area contributed by atoms with Gasteiger partial charge in [-0.2, -0.15) is 0 Å². The number of carbonyl (C=O) groups is 3. The maximum absolute atomic E-state index is 12.8. The molecule has 0 atom stereocenters. The zero-order valence-electron chi connectivity index (χ0n) is 14.5. The van der Waals surface area contributed by atoms with Gasteiger partial charge in [-0.15, -0.1) is 0 Å². The summed E-state index contributed by atoms with van der Waals surface area (Å²) in [5.74, 6) is -0.930. The molecule has 0 fully saturated rings. The van der Waals surface area contributed by atoms with E-state index in [9.17, 15) is 19.2 Å². The molecule has 26 heavy (non-hydrogen) atoms. The number of fused-ring (bicyclic) bond motifs is 2. The maximum Gasteiger partial charge on any atom is 0.267 e. The van der Waals surface area contributed by atoms with Crippen molar-refractivity contribution in [3.05, 3.63) is 56.5 Å². The second kappa shape index (κ2) is 5.69. The average Bonchev–Trinajstić information content (AvgIpc) is 3.12. The van der Waals surface area contributed by atoms with E-state index in [2.05, 4.69) is 10.2 Å². The summed E-state index contributed by atoms with van der Waals surface area (Å²) in [4.78, 5) is 52.1. The lowest BCUT2D eigenvalue weighted by Crippen LogP contribution is -2.37. The van der Waals surface area contributed by atoms with E-state index < -0.39 is 0 Å². The van der Waals surface area contributed by atoms with Crippen LogP contribution in [-0.2, 0) is 13.0 Å². The first-order valence-electron chi connectivity index (χ1n) is 8.48. The largest absolute Gasteiger partial charge is 0.332 e. The number of aromatic nitrogens is 2. The second-order valence-corrected chi connectivity index (χ2v) is 6.85. The molecule has 0 aliphatic carbocycles. The molecule has 3 heterocycles. The first-order valence-corrected chi connectivity index (χ1v) is 8.48. The molecule has 8 heteroatoms. The number of carbonyl (C=O) groups excluding carboxylic acids is 3. The van der Waals surface area contributed by atoms with Gasteiger partial charge in [0.15, 0.2) is 0 Å². The third kappa shape index (κ3) is 2.29. The summed E-state index contributed by atoms with van der Waals surface area (Å²) >= 11 is 0. The van der Waals surface area contributed by atoms with Crippen molar-refractivity contribution >= 4 is 17.7 Å². The number of amides is 3. The molecule has 8 nitrogen and oxygen atoms in total. The second-order valence-electron chi connectivity index (χ2n) is 6.85. The molecule has 134 valence electrons. The molecule has 0 radical (unpaired) electrons. The van der Waals surface area contributed by atoms with Crippen LogP contribution in [0.5, 0.6) is 0 Å². The first kappa shape index (κ1) is 16.3. The van der Waals surface area contributed by atoms with Crippen LogP contribution < -0.4 is 5.56 Å². The molecule has 0 unspecified atom stereocenters. The molecule has 3 amide bonds. The number of nitrogens with zero attached hydrogens (tertiary/aromatic N) is 2. The van der Waals surface area contributed by atoms with E-state index in [1.54, 1.807) is 30.9 Å². The molecular weight excluding hydrogens is 336 g/mol. The van der Waals surface area contributed by atoms with Crippen molar-refractivity contribution in [2.45, 2.75) is 32.9 Å². The fraction of sp³-hybridized carbons (Fsp3) is 0.333. The van der Waals surface area contributed by atoms with E-state index >= 15 is 0 Å². The molecule has 2 aliphatic heterocycles. The van der Waals surface area contributed by atoms with Gasteiger partial charge >= 0.3 is 0 Å². The summed E-state index contributed by atoms with van der Waals surface area (Å²) < 4.78 is 0. The van der Waals surface area contributed by atoms with Gasteiger partial charge in [-0.3, -0.25) is 29.2 Å². The van der Waals surface area contributed by atoms with Gasteiger partial charge in [0.1, 0.15) is 0 Å². The average molecular weight is 354 g/mol. The van der Waals surface area contributed by atoms with Gasteiger partial charge in [-0.1, -0.05) is 0 Å². The number of aromatic amines is 2. The standard InChI is InChI=1S/C18H18N4O4/c1-9(2)22-17(25)11-4-3-10(7-13(11)18(22)26)16(24)21-6-5-12-14(8-21)19-20-15(12)23/h3-4,7,9H,5-6,8H2,1-2H3,(H2,19,20,23). The summed E-state index contributed by atoms with van der Waals surface area (Å²) in [5, 5.41) is 5.33. The van der Waals surface area contributed by atoms with E-state index in [0.29, 0.717) is 41.9 Å². The highest BCUT2D eigenvalue weighted by Crippen LogP contribution is 2.26. The van der Waals surface area contributed by atoms with Crippen LogP contribution in [0.25, 0.3) is 0 Å². The maximum atomic E-state index is 12.8. The Labute approximate surface area is 148 Å². The smallest absolute Gasteiger partial charge is 0.267 e. The van der Waals surface area contributed by atoms with E-state index in [0.717, 1.165) is 0 Å². The Morgan fingerprint density at radius 1 is 1.08 bits per heavy atom. The summed E-state index contributed by atoms with van der Waals surface area (Å²) in [6, 6.07) is 4.37. The number of hydrogen-bond donors (Lipinski definition) is 2. The van der Waals surface area contributed by atoms with Gasteiger partial charge in [0, 0.05) is 23.7 Å². The Kier molecular flexibility index (Phi) is 3.57. The van der Waals surface area contributed by atoms with Crippen LogP contribution in [0.1, 0.15) is 56.2 Å². The van der Waals surface area contributed by atoms with Gasteiger partial charge in [-0.25, -0.2) is 0 Å². The summed E-state index contributed by atoms with van der Waals surface area (Å²) in [5.41, 5.74) is 2.18. The first-order chi connectivity index (χ1) is 12.4. The van der Waals surface area contributed by atoms with Crippen molar-refractivity contribution < 1.29 is 14.4 Å². The van der Waals surface area contributed by atoms with Crippen molar-refractivity contribution in [3.63, 3.8) is 0 Å². The molecule has 1 aromatic carbocycles. The Hall–Kier alpha value is -3.16. The Morgan fingerprint density at radius 3 is 2.54 bits per heavy atom. The highest BCUT2D eigenvalue weighted by atomic mass is 16.2. The van der Waals surface area contributed by atoms with Crippen molar-refractivity contribution in [2.75, 3.05) is 6.54 Å². The highest BCUT2D eigenvalue weighted by Gasteiger charge is 2.37. The van der Waals surface area contributed by atoms with Crippen LogP contribution in [0.2, 0.25) is 0 Å².